The maximum absolute atomic E-state index is 11.8. The zero-order valence-electron chi connectivity index (χ0n) is 9.25. The van der Waals surface area contributed by atoms with Crippen LogP contribution in [0.15, 0.2) is 0 Å². The summed E-state index contributed by atoms with van der Waals surface area (Å²) in [5.74, 6) is -0.126. The smallest absolute Gasteiger partial charge is 0.253 e. The third-order valence-corrected chi connectivity index (χ3v) is 2.67. The fourth-order valence-electron chi connectivity index (χ4n) is 1.84. The van der Waals surface area contributed by atoms with E-state index in [0.29, 0.717) is 0 Å². The van der Waals surface area contributed by atoms with Crippen LogP contribution in [0.25, 0.3) is 0 Å². The lowest BCUT2D eigenvalue weighted by molar-refractivity contribution is -0.148. The predicted molar refractivity (Wildman–Crippen MR) is 56.0 cm³/mol. The van der Waals surface area contributed by atoms with Gasteiger partial charge in [0.15, 0.2) is 0 Å². The highest BCUT2D eigenvalue weighted by molar-refractivity contribution is 5.84. The van der Waals surface area contributed by atoms with E-state index in [1.807, 2.05) is 0 Å². The summed E-state index contributed by atoms with van der Waals surface area (Å²) in [5.41, 5.74) is -1.21. The van der Waals surface area contributed by atoms with Crippen LogP contribution in [0.2, 0.25) is 0 Å². The van der Waals surface area contributed by atoms with Crippen LogP contribution in [0.4, 0.5) is 0 Å². The molecule has 0 unspecified atom stereocenters. The molecule has 1 aliphatic heterocycles. The summed E-state index contributed by atoms with van der Waals surface area (Å²) in [6.07, 6.45) is 5.83. The third-order valence-electron chi connectivity index (χ3n) is 2.67. The summed E-state index contributed by atoms with van der Waals surface area (Å²) < 4.78 is 0. The molecule has 0 radical (unpaired) electrons. The van der Waals surface area contributed by atoms with Gasteiger partial charge in [-0.3, -0.25) is 4.79 Å². The van der Waals surface area contributed by atoms with Gasteiger partial charge in [0, 0.05) is 13.1 Å². The van der Waals surface area contributed by atoms with Crippen LogP contribution >= 0.6 is 0 Å². The highest BCUT2D eigenvalue weighted by atomic mass is 16.3. The molecule has 14 heavy (non-hydrogen) atoms. The van der Waals surface area contributed by atoms with E-state index in [4.69, 9.17) is 0 Å². The van der Waals surface area contributed by atoms with Crippen molar-refractivity contribution in [2.75, 3.05) is 13.1 Å². The summed E-state index contributed by atoms with van der Waals surface area (Å²) in [7, 11) is 0. The summed E-state index contributed by atoms with van der Waals surface area (Å²) in [4.78, 5) is 13.6. The molecule has 1 saturated heterocycles. The van der Waals surface area contributed by atoms with Crippen molar-refractivity contribution in [3.05, 3.63) is 0 Å². The minimum atomic E-state index is -1.21. The van der Waals surface area contributed by atoms with Gasteiger partial charge in [0.25, 0.3) is 5.91 Å². The number of hydrogen-bond acceptors (Lipinski definition) is 2. The van der Waals surface area contributed by atoms with E-state index >= 15 is 0 Å². The molecule has 1 rings (SSSR count). The molecule has 0 saturated carbocycles. The number of hydrogen-bond donors (Lipinski definition) is 1. The summed E-state index contributed by atoms with van der Waals surface area (Å²) in [6.45, 7) is 4.74. The van der Waals surface area contributed by atoms with E-state index in [1.165, 1.54) is 19.3 Å². The standard InChI is InChI=1S/C11H21NO2/c1-11(2,14)10(13)12-8-6-4-3-5-7-9-12/h14H,3-9H2,1-2H3. The molecule has 0 bridgehead atoms. The highest BCUT2D eigenvalue weighted by Gasteiger charge is 2.28. The topological polar surface area (TPSA) is 40.5 Å². The van der Waals surface area contributed by atoms with Crippen molar-refractivity contribution < 1.29 is 9.90 Å². The Bertz CT molecular complexity index is 188. The van der Waals surface area contributed by atoms with Crippen molar-refractivity contribution in [2.24, 2.45) is 0 Å². The average Bonchev–Trinajstić information content (AvgIpc) is 2.00. The molecule has 0 aromatic carbocycles. The zero-order chi connectivity index (χ0) is 10.6. The van der Waals surface area contributed by atoms with Crippen molar-refractivity contribution in [2.45, 2.75) is 51.6 Å². The molecule has 3 nitrogen and oxygen atoms in total. The zero-order valence-corrected chi connectivity index (χ0v) is 9.25. The molecule has 0 atom stereocenters. The van der Waals surface area contributed by atoms with Gasteiger partial charge < -0.3 is 10.0 Å². The Balaban J connectivity index is 2.51. The van der Waals surface area contributed by atoms with E-state index in [1.54, 1.807) is 18.7 Å². The molecular formula is C11H21NO2. The first-order valence-electron chi connectivity index (χ1n) is 5.53. The van der Waals surface area contributed by atoms with Gasteiger partial charge >= 0.3 is 0 Å². The molecule has 3 heteroatoms. The maximum atomic E-state index is 11.8. The van der Waals surface area contributed by atoms with E-state index in [2.05, 4.69) is 0 Å². The number of nitrogens with zero attached hydrogens (tertiary/aromatic N) is 1. The van der Waals surface area contributed by atoms with Crippen LogP contribution in [0.3, 0.4) is 0 Å². The molecule has 0 aliphatic carbocycles. The number of rotatable bonds is 1. The lowest BCUT2D eigenvalue weighted by Gasteiger charge is -2.29. The number of amides is 1. The van der Waals surface area contributed by atoms with Crippen molar-refractivity contribution in [3.63, 3.8) is 0 Å². The largest absolute Gasteiger partial charge is 0.381 e. The number of carbonyl (C=O) groups is 1. The lowest BCUT2D eigenvalue weighted by atomic mass is 10.0. The van der Waals surface area contributed by atoms with Crippen molar-refractivity contribution >= 4 is 5.91 Å². The van der Waals surface area contributed by atoms with E-state index in [-0.39, 0.29) is 5.91 Å². The fraction of sp³-hybridized carbons (Fsp3) is 0.909. The second-order valence-corrected chi connectivity index (χ2v) is 4.62. The Morgan fingerprint density at radius 3 is 1.93 bits per heavy atom. The molecule has 0 aromatic heterocycles. The van der Waals surface area contributed by atoms with Gasteiger partial charge in [-0.2, -0.15) is 0 Å². The van der Waals surface area contributed by atoms with Crippen molar-refractivity contribution in [1.82, 2.24) is 4.90 Å². The lowest BCUT2D eigenvalue weighted by Crippen LogP contribution is -2.46. The van der Waals surface area contributed by atoms with Crippen LogP contribution in [0.1, 0.15) is 46.0 Å². The van der Waals surface area contributed by atoms with Gasteiger partial charge in [0.05, 0.1) is 0 Å². The van der Waals surface area contributed by atoms with Crippen molar-refractivity contribution in [1.29, 1.82) is 0 Å². The van der Waals surface area contributed by atoms with Crippen molar-refractivity contribution in [3.8, 4) is 0 Å². The monoisotopic (exact) mass is 199 g/mol. The average molecular weight is 199 g/mol. The van der Waals surface area contributed by atoms with Gasteiger partial charge in [-0.05, 0) is 26.7 Å². The number of likely N-dealkylation sites (tertiary alicyclic amines) is 1. The predicted octanol–water partition coefficient (Wildman–Crippen LogP) is 1.55. The van der Waals surface area contributed by atoms with E-state index < -0.39 is 5.60 Å². The fourth-order valence-corrected chi connectivity index (χ4v) is 1.84. The number of carbonyl (C=O) groups excluding carboxylic acids is 1. The van der Waals surface area contributed by atoms with E-state index in [0.717, 1.165) is 25.9 Å². The van der Waals surface area contributed by atoms with Crippen LogP contribution in [-0.4, -0.2) is 34.6 Å². The van der Waals surface area contributed by atoms with Gasteiger partial charge in [-0.15, -0.1) is 0 Å². The first-order valence-corrected chi connectivity index (χ1v) is 5.53. The first-order chi connectivity index (χ1) is 6.52. The Morgan fingerprint density at radius 1 is 1.07 bits per heavy atom. The minimum Gasteiger partial charge on any atom is -0.381 e. The summed E-state index contributed by atoms with van der Waals surface area (Å²) in [5, 5.41) is 9.61. The van der Waals surface area contributed by atoms with Gasteiger partial charge in [0.2, 0.25) is 0 Å². The van der Waals surface area contributed by atoms with Crippen LogP contribution in [-0.2, 0) is 4.79 Å². The second kappa shape index (κ2) is 4.78. The quantitative estimate of drug-likeness (QED) is 0.696. The Labute approximate surface area is 86.1 Å². The van der Waals surface area contributed by atoms with Gasteiger partial charge in [-0.25, -0.2) is 0 Å². The normalized spacial score (nSPS) is 20.1. The molecule has 1 aliphatic rings. The SMILES string of the molecule is CC(C)(O)C(=O)N1CCCCCCC1. The summed E-state index contributed by atoms with van der Waals surface area (Å²) >= 11 is 0. The molecule has 0 aromatic rings. The van der Waals surface area contributed by atoms with Crippen LogP contribution in [0, 0.1) is 0 Å². The Kier molecular flexibility index (Phi) is 3.93. The molecule has 1 amide bonds. The third kappa shape index (κ3) is 3.29. The maximum Gasteiger partial charge on any atom is 0.253 e. The number of aliphatic hydroxyl groups is 1. The molecule has 0 spiro atoms. The molecular weight excluding hydrogens is 178 g/mol. The summed E-state index contributed by atoms with van der Waals surface area (Å²) in [6, 6.07) is 0. The minimum absolute atomic E-state index is 0.126. The van der Waals surface area contributed by atoms with Crippen LogP contribution < -0.4 is 0 Å². The Hall–Kier alpha value is -0.570. The molecule has 82 valence electrons. The highest BCUT2D eigenvalue weighted by Crippen LogP contribution is 2.14. The molecule has 1 fully saturated rings. The van der Waals surface area contributed by atoms with Crippen LogP contribution in [0.5, 0.6) is 0 Å². The second-order valence-electron chi connectivity index (χ2n) is 4.62. The van der Waals surface area contributed by atoms with E-state index in [9.17, 15) is 9.90 Å². The molecule has 1 N–H and O–H groups in total. The Morgan fingerprint density at radius 2 is 1.50 bits per heavy atom. The van der Waals surface area contributed by atoms with Gasteiger partial charge in [-0.1, -0.05) is 19.3 Å². The first kappa shape index (κ1) is 11.5. The molecule has 1 heterocycles. The van der Waals surface area contributed by atoms with Gasteiger partial charge in [0.1, 0.15) is 5.60 Å².